The first kappa shape index (κ1) is 13.6. The van der Waals surface area contributed by atoms with Crippen molar-refractivity contribution in [2.45, 2.75) is 44.6 Å². The molecule has 0 aromatic heterocycles. The number of hydrogen-bond donors (Lipinski definition) is 1. The molecule has 5 fully saturated rings. The van der Waals surface area contributed by atoms with Gasteiger partial charge in [0.25, 0.3) is 0 Å². The van der Waals surface area contributed by atoms with Crippen LogP contribution < -0.4 is 0 Å². The van der Waals surface area contributed by atoms with Crippen LogP contribution in [0.3, 0.4) is 0 Å². The van der Waals surface area contributed by atoms with Gasteiger partial charge in [-0.1, -0.05) is 0 Å². The van der Waals surface area contributed by atoms with Crippen molar-refractivity contribution in [1.29, 1.82) is 0 Å². The van der Waals surface area contributed by atoms with Crippen LogP contribution >= 0.6 is 0 Å². The van der Waals surface area contributed by atoms with Crippen molar-refractivity contribution in [3.63, 3.8) is 0 Å². The van der Waals surface area contributed by atoms with E-state index in [1.54, 1.807) is 4.90 Å². The van der Waals surface area contributed by atoms with E-state index >= 15 is 0 Å². The molecule has 4 aliphatic carbocycles. The van der Waals surface area contributed by atoms with Crippen LogP contribution in [0.15, 0.2) is 0 Å². The molecule has 0 aromatic carbocycles. The average Bonchev–Trinajstić information content (AvgIpc) is 2.45. The number of carboxylic acid groups (broad SMARTS) is 1. The third kappa shape index (κ3) is 2.17. The number of morpholine rings is 1. The lowest BCUT2D eigenvalue weighted by Crippen LogP contribution is -2.58. The van der Waals surface area contributed by atoms with Crippen LogP contribution in [0.4, 0.5) is 0 Å². The van der Waals surface area contributed by atoms with Gasteiger partial charge in [-0.2, -0.15) is 0 Å². The number of rotatable bonds is 2. The first-order valence-electron chi connectivity index (χ1n) is 8.19. The summed E-state index contributed by atoms with van der Waals surface area (Å²) in [7, 11) is 0. The van der Waals surface area contributed by atoms with Crippen LogP contribution in [0.5, 0.6) is 0 Å². The molecule has 0 radical (unpaired) electrons. The fourth-order valence-electron chi connectivity index (χ4n) is 5.69. The third-order valence-electron chi connectivity index (χ3n) is 6.12. The molecule has 1 amide bonds. The van der Waals surface area contributed by atoms with Crippen molar-refractivity contribution >= 4 is 11.9 Å². The van der Waals surface area contributed by atoms with E-state index in [-0.39, 0.29) is 17.9 Å². The molecule has 0 spiro atoms. The summed E-state index contributed by atoms with van der Waals surface area (Å²) in [6.45, 7) is 1.11. The maximum absolute atomic E-state index is 13.1. The molecule has 1 unspecified atom stereocenters. The fourth-order valence-corrected chi connectivity index (χ4v) is 5.69. The second-order valence-corrected chi connectivity index (χ2v) is 7.65. The SMILES string of the molecule is O=C(O)C1CN(C(=O)C23CC4CC(CC(C4)C2)C3)CCO1. The zero-order chi connectivity index (χ0) is 14.6. The Kier molecular flexibility index (Phi) is 3.03. The van der Waals surface area contributed by atoms with Crippen LogP contribution in [-0.2, 0) is 14.3 Å². The predicted octanol–water partition coefficient (Wildman–Crippen LogP) is 1.51. The molecule has 4 bridgehead atoms. The lowest BCUT2D eigenvalue weighted by atomic mass is 9.49. The molecule has 1 N–H and O–H groups in total. The molecule has 1 heterocycles. The molecule has 116 valence electrons. The Morgan fingerprint density at radius 2 is 1.62 bits per heavy atom. The van der Waals surface area contributed by atoms with Gasteiger partial charge in [0.05, 0.1) is 18.6 Å². The van der Waals surface area contributed by atoms with E-state index in [9.17, 15) is 9.59 Å². The molecule has 1 saturated heterocycles. The highest BCUT2D eigenvalue weighted by atomic mass is 16.5. The zero-order valence-electron chi connectivity index (χ0n) is 12.3. The summed E-state index contributed by atoms with van der Waals surface area (Å²) in [6.07, 6.45) is 6.19. The van der Waals surface area contributed by atoms with Gasteiger partial charge >= 0.3 is 5.97 Å². The van der Waals surface area contributed by atoms with Gasteiger partial charge in [-0.05, 0) is 56.3 Å². The molecule has 0 aromatic rings. The summed E-state index contributed by atoms with van der Waals surface area (Å²) < 4.78 is 5.25. The maximum atomic E-state index is 13.1. The summed E-state index contributed by atoms with van der Waals surface area (Å²) in [5.41, 5.74) is -0.171. The summed E-state index contributed by atoms with van der Waals surface area (Å²) in [5.74, 6) is 1.46. The lowest BCUT2D eigenvalue weighted by molar-refractivity contribution is -0.170. The normalized spacial score (nSPS) is 44.9. The summed E-state index contributed by atoms with van der Waals surface area (Å²) in [4.78, 5) is 26.0. The Morgan fingerprint density at radius 3 is 2.14 bits per heavy atom. The van der Waals surface area contributed by atoms with E-state index < -0.39 is 12.1 Å². The van der Waals surface area contributed by atoms with Gasteiger partial charge in [0.2, 0.25) is 5.91 Å². The number of carbonyl (C=O) groups is 2. The molecule has 1 aliphatic heterocycles. The largest absolute Gasteiger partial charge is 0.479 e. The molecule has 5 nitrogen and oxygen atoms in total. The smallest absolute Gasteiger partial charge is 0.334 e. The summed E-state index contributed by atoms with van der Waals surface area (Å²) in [6, 6.07) is 0. The van der Waals surface area contributed by atoms with Gasteiger partial charge in [0.1, 0.15) is 0 Å². The fraction of sp³-hybridized carbons (Fsp3) is 0.875. The molecule has 1 atom stereocenters. The van der Waals surface area contributed by atoms with Gasteiger partial charge in [-0.15, -0.1) is 0 Å². The predicted molar refractivity (Wildman–Crippen MR) is 74.6 cm³/mol. The summed E-state index contributed by atoms with van der Waals surface area (Å²) >= 11 is 0. The number of amides is 1. The molecule has 5 aliphatic rings. The molecular weight excluding hydrogens is 270 g/mol. The molecule has 4 saturated carbocycles. The number of nitrogens with zero attached hydrogens (tertiary/aromatic N) is 1. The van der Waals surface area contributed by atoms with E-state index in [1.807, 2.05) is 0 Å². The van der Waals surface area contributed by atoms with E-state index in [2.05, 4.69) is 0 Å². The van der Waals surface area contributed by atoms with Crippen molar-refractivity contribution in [2.75, 3.05) is 19.7 Å². The van der Waals surface area contributed by atoms with Crippen LogP contribution in [0.1, 0.15) is 38.5 Å². The van der Waals surface area contributed by atoms with E-state index in [0.717, 1.165) is 37.0 Å². The third-order valence-corrected chi connectivity index (χ3v) is 6.12. The molecular formula is C16H23NO4. The van der Waals surface area contributed by atoms with Gasteiger partial charge in [0, 0.05) is 6.54 Å². The van der Waals surface area contributed by atoms with E-state index in [4.69, 9.17) is 9.84 Å². The van der Waals surface area contributed by atoms with Crippen molar-refractivity contribution in [3.8, 4) is 0 Å². The van der Waals surface area contributed by atoms with Crippen LogP contribution in [-0.4, -0.2) is 47.7 Å². The number of hydrogen-bond acceptors (Lipinski definition) is 3. The highest BCUT2D eigenvalue weighted by molar-refractivity contribution is 5.84. The number of carboxylic acids is 1. The summed E-state index contributed by atoms with van der Waals surface area (Å²) in [5, 5.41) is 9.11. The number of ether oxygens (including phenoxy) is 1. The Hall–Kier alpha value is -1.10. The standard InChI is InChI=1S/C16H23NO4/c18-14(19)13-9-17(1-2-21-13)15(20)16-6-10-3-11(7-16)5-12(4-10)8-16/h10-13H,1-9H2,(H,18,19). The van der Waals surface area contributed by atoms with Crippen molar-refractivity contribution < 1.29 is 19.4 Å². The molecule has 5 rings (SSSR count). The van der Waals surface area contributed by atoms with Crippen LogP contribution in [0.25, 0.3) is 0 Å². The molecule has 5 heteroatoms. The maximum Gasteiger partial charge on any atom is 0.334 e. The second kappa shape index (κ2) is 4.70. The minimum absolute atomic E-state index is 0.171. The van der Waals surface area contributed by atoms with Crippen molar-refractivity contribution in [2.24, 2.45) is 23.2 Å². The van der Waals surface area contributed by atoms with Crippen LogP contribution in [0, 0.1) is 23.2 Å². The molecule has 21 heavy (non-hydrogen) atoms. The second-order valence-electron chi connectivity index (χ2n) is 7.65. The average molecular weight is 293 g/mol. The zero-order valence-corrected chi connectivity index (χ0v) is 12.3. The van der Waals surface area contributed by atoms with Gasteiger partial charge in [0.15, 0.2) is 6.10 Å². The Labute approximate surface area is 124 Å². The van der Waals surface area contributed by atoms with Crippen molar-refractivity contribution in [1.82, 2.24) is 4.90 Å². The van der Waals surface area contributed by atoms with E-state index in [0.29, 0.717) is 13.2 Å². The van der Waals surface area contributed by atoms with Gasteiger partial charge < -0.3 is 14.7 Å². The van der Waals surface area contributed by atoms with E-state index in [1.165, 1.54) is 19.3 Å². The Bertz CT molecular complexity index is 440. The van der Waals surface area contributed by atoms with Crippen molar-refractivity contribution in [3.05, 3.63) is 0 Å². The first-order chi connectivity index (χ1) is 10.1. The highest BCUT2D eigenvalue weighted by Crippen LogP contribution is 2.60. The number of aliphatic carboxylic acids is 1. The van der Waals surface area contributed by atoms with Gasteiger partial charge in [-0.25, -0.2) is 4.79 Å². The highest BCUT2D eigenvalue weighted by Gasteiger charge is 2.55. The number of carbonyl (C=O) groups excluding carboxylic acids is 1. The monoisotopic (exact) mass is 293 g/mol. The topological polar surface area (TPSA) is 66.8 Å². The Morgan fingerprint density at radius 1 is 1.05 bits per heavy atom. The van der Waals surface area contributed by atoms with Gasteiger partial charge in [-0.3, -0.25) is 4.79 Å². The minimum atomic E-state index is -0.960. The Balaban J connectivity index is 1.53. The minimum Gasteiger partial charge on any atom is -0.479 e. The van der Waals surface area contributed by atoms with Crippen LogP contribution in [0.2, 0.25) is 0 Å². The lowest BCUT2D eigenvalue weighted by Gasteiger charge is -2.57. The first-order valence-corrected chi connectivity index (χ1v) is 8.19. The quantitative estimate of drug-likeness (QED) is 0.838.